The number of aromatic nitrogens is 2. The van der Waals surface area contributed by atoms with Crippen LogP contribution in [-0.2, 0) is 4.79 Å². The van der Waals surface area contributed by atoms with Crippen molar-refractivity contribution in [2.24, 2.45) is 11.7 Å². The van der Waals surface area contributed by atoms with Crippen molar-refractivity contribution in [1.82, 2.24) is 15.5 Å². The van der Waals surface area contributed by atoms with Gasteiger partial charge >= 0.3 is 0 Å². The van der Waals surface area contributed by atoms with Crippen LogP contribution in [-0.4, -0.2) is 22.1 Å². The molecule has 1 aliphatic carbocycles. The van der Waals surface area contributed by atoms with E-state index in [2.05, 4.69) is 15.5 Å². The van der Waals surface area contributed by atoms with E-state index in [4.69, 9.17) is 10.2 Å². The highest BCUT2D eigenvalue weighted by atomic mass is 16.4. The molecule has 0 radical (unpaired) electrons. The molecule has 3 N–H and O–H groups in total. The fraction of sp³-hybridized carbons (Fsp3) is 0.786. The van der Waals surface area contributed by atoms with Crippen LogP contribution >= 0.6 is 0 Å². The maximum absolute atomic E-state index is 11.3. The molecule has 1 heterocycles. The van der Waals surface area contributed by atoms with Crippen LogP contribution < -0.4 is 11.1 Å². The molecule has 6 heteroatoms. The number of aryl methyl sites for hydroxylation is 1. The largest absolute Gasteiger partial charge is 0.424 e. The van der Waals surface area contributed by atoms with Gasteiger partial charge in [-0.1, -0.05) is 19.3 Å². The van der Waals surface area contributed by atoms with E-state index in [1.807, 2.05) is 6.92 Å². The number of nitrogens with one attached hydrogen (secondary N) is 1. The summed E-state index contributed by atoms with van der Waals surface area (Å²) in [6, 6.07) is 0.0254. The lowest BCUT2D eigenvalue weighted by atomic mass is 9.82. The van der Waals surface area contributed by atoms with E-state index in [1.54, 1.807) is 6.92 Å². The van der Waals surface area contributed by atoms with E-state index in [0.29, 0.717) is 24.1 Å². The van der Waals surface area contributed by atoms with E-state index in [9.17, 15) is 4.79 Å². The third-order valence-corrected chi connectivity index (χ3v) is 4.02. The van der Waals surface area contributed by atoms with Crippen LogP contribution in [0.3, 0.4) is 0 Å². The molecule has 112 valence electrons. The molecule has 1 aromatic heterocycles. The SMILES string of the molecule is Cc1nnc([C@H](C)N[C@H](CC(N)=O)C2CCCCC2)o1. The molecule has 1 fully saturated rings. The molecule has 0 bridgehead atoms. The van der Waals surface area contributed by atoms with Gasteiger partial charge in [0.1, 0.15) is 0 Å². The monoisotopic (exact) mass is 280 g/mol. The van der Waals surface area contributed by atoms with E-state index in [1.165, 1.54) is 19.3 Å². The summed E-state index contributed by atoms with van der Waals surface area (Å²) in [5.74, 6) is 1.36. The first-order valence-electron chi connectivity index (χ1n) is 7.40. The van der Waals surface area contributed by atoms with Gasteiger partial charge in [-0.15, -0.1) is 10.2 Å². The summed E-state index contributed by atoms with van der Waals surface area (Å²) in [6.07, 6.45) is 6.42. The summed E-state index contributed by atoms with van der Waals surface area (Å²) >= 11 is 0. The minimum atomic E-state index is -0.262. The minimum absolute atomic E-state index is 0.0672. The normalized spacial score (nSPS) is 19.7. The fourth-order valence-corrected chi connectivity index (χ4v) is 2.99. The summed E-state index contributed by atoms with van der Waals surface area (Å²) in [5, 5.41) is 11.3. The average molecular weight is 280 g/mol. The average Bonchev–Trinajstić information content (AvgIpc) is 2.85. The van der Waals surface area contributed by atoms with Crippen molar-refractivity contribution in [3.05, 3.63) is 11.8 Å². The van der Waals surface area contributed by atoms with Crippen molar-refractivity contribution in [1.29, 1.82) is 0 Å². The Balaban J connectivity index is 2.00. The van der Waals surface area contributed by atoms with Gasteiger partial charge in [0.25, 0.3) is 0 Å². The van der Waals surface area contributed by atoms with E-state index in [0.717, 1.165) is 12.8 Å². The topological polar surface area (TPSA) is 94.0 Å². The lowest BCUT2D eigenvalue weighted by Crippen LogP contribution is -2.41. The molecule has 1 saturated carbocycles. The fourth-order valence-electron chi connectivity index (χ4n) is 2.99. The lowest BCUT2D eigenvalue weighted by molar-refractivity contribution is -0.118. The van der Waals surface area contributed by atoms with Crippen molar-refractivity contribution < 1.29 is 9.21 Å². The lowest BCUT2D eigenvalue weighted by Gasteiger charge is -2.31. The van der Waals surface area contributed by atoms with E-state index >= 15 is 0 Å². The molecule has 0 spiro atoms. The minimum Gasteiger partial charge on any atom is -0.424 e. The number of nitrogens with two attached hydrogens (primary N) is 1. The molecule has 0 saturated heterocycles. The maximum Gasteiger partial charge on any atom is 0.233 e. The van der Waals surface area contributed by atoms with Crippen LogP contribution in [0.15, 0.2) is 4.42 Å². The summed E-state index contributed by atoms with van der Waals surface area (Å²) in [7, 11) is 0. The van der Waals surface area contributed by atoms with Gasteiger partial charge in [-0.25, -0.2) is 0 Å². The third-order valence-electron chi connectivity index (χ3n) is 4.02. The number of nitrogens with zero attached hydrogens (tertiary/aromatic N) is 2. The molecular weight excluding hydrogens is 256 g/mol. The maximum atomic E-state index is 11.3. The number of hydrogen-bond acceptors (Lipinski definition) is 5. The molecule has 1 aromatic rings. The Morgan fingerprint density at radius 2 is 2.10 bits per heavy atom. The number of primary amides is 1. The van der Waals surface area contributed by atoms with Crippen LogP contribution in [0.5, 0.6) is 0 Å². The Bertz CT molecular complexity index is 440. The summed E-state index contributed by atoms with van der Waals surface area (Å²) < 4.78 is 5.44. The van der Waals surface area contributed by atoms with Gasteiger partial charge in [0, 0.05) is 19.4 Å². The summed E-state index contributed by atoms with van der Waals surface area (Å²) in [4.78, 5) is 11.3. The van der Waals surface area contributed by atoms with E-state index in [-0.39, 0.29) is 18.0 Å². The van der Waals surface area contributed by atoms with Crippen molar-refractivity contribution >= 4 is 5.91 Å². The molecule has 0 unspecified atom stereocenters. The van der Waals surface area contributed by atoms with Gasteiger partial charge in [0.05, 0.1) is 6.04 Å². The number of amides is 1. The second-order valence-electron chi connectivity index (χ2n) is 5.72. The predicted octanol–water partition coefficient (Wildman–Crippen LogP) is 1.85. The molecular formula is C14H24N4O2. The molecule has 0 aromatic carbocycles. The van der Waals surface area contributed by atoms with Gasteiger partial charge in [-0.2, -0.15) is 0 Å². The molecule has 0 aliphatic heterocycles. The highest BCUT2D eigenvalue weighted by Gasteiger charge is 2.27. The Hall–Kier alpha value is -1.43. The van der Waals surface area contributed by atoms with Crippen molar-refractivity contribution in [3.63, 3.8) is 0 Å². The van der Waals surface area contributed by atoms with Crippen LogP contribution in [0.25, 0.3) is 0 Å². The Kier molecular flexibility index (Phi) is 5.11. The number of carbonyl (C=O) groups excluding carboxylic acids is 1. The number of rotatable bonds is 6. The standard InChI is InChI=1S/C14H24N4O2/c1-9(14-18-17-10(2)20-14)16-12(8-13(15)19)11-6-4-3-5-7-11/h9,11-12,16H,3-8H2,1-2H3,(H2,15,19)/t9-,12+/m0/s1. The molecule has 1 amide bonds. The van der Waals surface area contributed by atoms with Crippen LogP contribution in [0.2, 0.25) is 0 Å². The van der Waals surface area contributed by atoms with E-state index < -0.39 is 0 Å². The van der Waals surface area contributed by atoms with Crippen molar-refractivity contribution in [3.8, 4) is 0 Å². The second-order valence-corrected chi connectivity index (χ2v) is 5.72. The van der Waals surface area contributed by atoms with Gasteiger partial charge < -0.3 is 15.5 Å². The second kappa shape index (κ2) is 6.83. The van der Waals surface area contributed by atoms with Crippen molar-refractivity contribution in [2.75, 3.05) is 0 Å². The first kappa shape index (κ1) is 15.0. The number of carbonyl (C=O) groups is 1. The summed E-state index contributed by atoms with van der Waals surface area (Å²) in [5.41, 5.74) is 5.39. The van der Waals surface area contributed by atoms with Gasteiger partial charge in [0.15, 0.2) is 0 Å². The molecule has 20 heavy (non-hydrogen) atoms. The first-order chi connectivity index (χ1) is 9.56. The van der Waals surface area contributed by atoms with Crippen LogP contribution in [0.4, 0.5) is 0 Å². The zero-order valence-corrected chi connectivity index (χ0v) is 12.3. The highest BCUT2D eigenvalue weighted by molar-refractivity contribution is 5.74. The smallest absolute Gasteiger partial charge is 0.233 e. The predicted molar refractivity (Wildman–Crippen MR) is 74.8 cm³/mol. The Morgan fingerprint density at radius 1 is 1.40 bits per heavy atom. The molecule has 6 nitrogen and oxygen atoms in total. The zero-order valence-electron chi connectivity index (χ0n) is 12.3. The first-order valence-corrected chi connectivity index (χ1v) is 7.40. The Morgan fingerprint density at radius 3 is 2.65 bits per heavy atom. The van der Waals surface area contributed by atoms with Crippen LogP contribution in [0.1, 0.15) is 63.3 Å². The van der Waals surface area contributed by atoms with Gasteiger partial charge in [-0.05, 0) is 25.7 Å². The van der Waals surface area contributed by atoms with Crippen molar-refractivity contribution in [2.45, 2.75) is 64.5 Å². The Labute approximate surface area is 119 Å². The number of hydrogen-bond donors (Lipinski definition) is 2. The zero-order chi connectivity index (χ0) is 14.5. The van der Waals surface area contributed by atoms with Crippen LogP contribution in [0, 0.1) is 12.8 Å². The molecule has 1 aliphatic rings. The summed E-state index contributed by atoms with van der Waals surface area (Å²) in [6.45, 7) is 3.75. The third kappa shape index (κ3) is 4.03. The highest BCUT2D eigenvalue weighted by Crippen LogP contribution is 2.29. The van der Waals surface area contributed by atoms with Gasteiger partial charge in [-0.3, -0.25) is 4.79 Å². The molecule has 2 atom stereocenters. The molecule has 2 rings (SSSR count). The quantitative estimate of drug-likeness (QED) is 0.829. The van der Waals surface area contributed by atoms with Gasteiger partial charge in [0.2, 0.25) is 17.7 Å².